The molecule has 0 aliphatic heterocycles. The van der Waals surface area contributed by atoms with Crippen molar-refractivity contribution in [2.45, 2.75) is 19.5 Å². The second kappa shape index (κ2) is 4.26. The normalized spacial score (nSPS) is 12.3. The van der Waals surface area contributed by atoms with Crippen molar-refractivity contribution in [1.82, 2.24) is 4.98 Å². The maximum absolute atomic E-state index is 12.4. The van der Waals surface area contributed by atoms with E-state index in [0.29, 0.717) is 6.42 Å². The van der Waals surface area contributed by atoms with Gasteiger partial charge in [-0.1, -0.05) is 13.0 Å². The Kier molecular flexibility index (Phi) is 3.28. The highest BCUT2D eigenvalue weighted by atomic mass is 19.4. The first-order valence-corrected chi connectivity index (χ1v) is 4.24. The molecule has 0 aromatic carbocycles. The molecule has 0 atom stereocenters. The molecule has 0 N–H and O–H groups in total. The minimum atomic E-state index is -4.33. The highest BCUT2D eigenvalue weighted by Gasteiger charge is 2.32. The smallest absolute Gasteiger partial charge is 0.256 e. The minimum Gasteiger partial charge on any atom is -0.256 e. The summed E-state index contributed by atoms with van der Waals surface area (Å²) in [5, 5.41) is 0. The van der Waals surface area contributed by atoms with E-state index in [1.807, 2.05) is 6.92 Å². The summed E-state index contributed by atoms with van der Waals surface area (Å²) in [5.74, 6) is 0. The summed E-state index contributed by atoms with van der Waals surface area (Å²) in [6.45, 7) is 1.85. The number of allylic oxidation sites excluding steroid dienone is 1. The Morgan fingerprint density at radius 2 is 2.14 bits per heavy atom. The molecule has 0 aliphatic carbocycles. The van der Waals surface area contributed by atoms with Crippen LogP contribution in [0.4, 0.5) is 13.2 Å². The summed E-state index contributed by atoms with van der Waals surface area (Å²) >= 11 is 0. The van der Waals surface area contributed by atoms with Gasteiger partial charge in [0.15, 0.2) is 0 Å². The van der Waals surface area contributed by atoms with Gasteiger partial charge in [-0.15, -0.1) is 0 Å². The first kappa shape index (κ1) is 10.8. The van der Waals surface area contributed by atoms with Crippen molar-refractivity contribution in [2.24, 2.45) is 0 Å². The van der Waals surface area contributed by atoms with Gasteiger partial charge in [0.05, 0.1) is 11.3 Å². The lowest BCUT2D eigenvalue weighted by atomic mass is 10.1. The van der Waals surface area contributed by atoms with Gasteiger partial charge in [-0.2, -0.15) is 13.2 Å². The maximum Gasteiger partial charge on any atom is 0.418 e. The van der Waals surface area contributed by atoms with E-state index >= 15 is 0 Å². The van der Waals surface area contributed by atoms with Crippen LogP contribution in [0, 0.1) is 0 Å². The molecule has 14 heavy (non-hydrogen) atoms. The van der Waals surface area contributed by atoms with Crippen molar-refractivity contribution < 1.29 is 13.2 Å². The van der Waals surface area contributed by atoms with E-state index in [-0.39, 0.29) is 5.69 Å². The van der Waals surface area contributed by atoms with E-state index in [2.05, 4.69) is 4.98 Å². The third-order valence-electron chi connectivity index (χ3n) is 1.66. The fourth-order valence-corrected chi connectivity index (χ4v) is 1.02. The summed E-state index contributed by atoms with van der Waals surface area (Å²) in [6.07, 6.45) is 0.751. The predicted octanol–water partition coefficient (Wildman–Crippen LogP) is 3.52. The van der Waals surface area contributed by atoms with Crippen molar-refractivity contribution in [1.29, 1.82) is 0 Å². The van der Waals surface area contributed by atoms with Gasteiger partial charge in [0.25, 0.3) is 0 Å². The van der Waals surface area contributed by atoms with Gasteiger partial charge in [-0.25, -0.2) is 0 Å². The van der Waals surface area contributed by atoms with Crippen LogP contribution < -0.4 is 0 Å². The minimum absolute atomic E-state index is 0.0261. The molecule has 1 aromatic rings. The number of hydrogen-bond acceptors (Lipinski definition) is 1. The van der Waals surface area contributed by atoms with E-state index in [9.17, 15) is 13.2 Å². The highest BCUT2D eigenvalue weighted by molar-refractivity contribution is 5.49. The zero-order chi connectivity index (χ0) is 10.6. The topological polar surface area (TPSA) is 12.9 Å². The Morgan fingerprint density at radius 1 is 1.43 bits per heavy atom. The number of halogens is 3. The number of hydrogen-bond donors (Lipinski definition) is 0. The Hall–Kier alpha value is -1.32. The van der Waals surface area contributed by atoms with Crippen LogP contribution >= 0.6 is 0 Å². The first-order valence-electron chi connectivity index (χ1n) is 4.24. The molecular formula is C10H10F3N. The van der Waals surface area contributed by atoms with Gasteiger partial charge < -0.3 is 0 Å². The summed E-state index contributed by atoms with van der Waals surface area (Å²) < 4.78 is 37.2. The summed E-state index contributed by atoms with van der Waals surface area (Å²) in [6, 6.07) is 2.31. The number of pyridine rings is 1. The van der Waals surface area contributed by atoms with Crippen LogP contribution in [0.15, 0.2) is 24.4 Å². The molecule has 1 nitrogen and oxygen atoms in total. The zero-order valence-corrected chi connectivity index (χ0v) is 7.67. The van der Waals surface area contributed by atoms with E-state index in [0.717, 1.165) is 6.07 Å². The molecule has 0 saturated heterocycles. The number of alkyl halides is 3. The van der Waals surface area contributed by atoms with Gasteiger partial charge >= 0.3 is 6.18 Å². The van der Waals surface area contributed by atoms with Crippen molar-refractivity contribution in [3.63, 3.8) is 0 Å². The Bertz CT molecular complexity index is 328. The van der Waals surface area contributed by atoms with Crippen LogP contribution in [0.1, 0.15) is 24.6 Å². The summed E-state index contributed by atoms with van der Waals surface area (Å²) in [4.78, 5) is 3.68. The van der Waals surface area contributed by atoms with Gasteiger partial charge in [0.2, 0.25) is 0 Å². The average Bonchev–Trinajstić information content (AvgIpc) is 2.14. The molecule has 0 saturated carbocycles. The van der Waals surface area contributed by atoms with Crippen LogP contribution in [0.25, 0.3) is 6.08 Å². The molecule has 0 bridgehead atoms. The van der Waals surface area contributed by atoms with E-state index in [1.165, 1.54) is 18.3 Å². The van der Waals surface area contributed by atoms with Crippen LogP contribution in [0.2, 0.25) is 0 Å². The molecule has 0 radical (unpaired) electrons. The lowest BCUT2D eigenvalue weighted by Crippen LogP contribution is -2.08. The Labute approximate surface area is 80.3 Å². The van der Waals surface area contributed by atoms with E-state index in [4.69, 9.17) is 0 Å². The molecule has 4 heteroatoms. The maximum atomic E-state index is 12.4. The number of aromatic nitrogens is 1. The molecule has 0 fully saturated rings. The Morgan fingerprint density at radius 3 is 2.71 bits per heavy atom. The average molecular weight is 201 g/mol. The van der Waals surface area contributed by atoms with E-state index in [1.54, 1.807) is 6.08 Å². The third-order valence-corrected chi connectivity index (χ3v) is 1.66. The molecule has 1 aromatic heterocycles. The number of rotatable bonds is 2. The van der Waals surface area contributed by atoms with Gasteiger partial charge in [0, 0.05) is 6.20 Å². The van der Waals surface area contributed by atoms with E-state index < -0.39 is 11.7 Å². The fourth-order valence-electron chi connectivity index (χ4n) is 1.02. The monoisotopic (exact) mass is 201 g/mol. The molecular weight excluding hydrogens is 191 g/mol. The standard InChI is InChI=1S/C10H10F3N/c1-2-3-6-9-8(10(11,12)13)5-4-7-14-9/h3-7H,2H2,1H3/b6-3+. The molecule has 0 amide bonds. The van der Waals surface area contributed by atoms with Crippen molar-refractivity contribution >= 4 is 6.08 Å². The molecule has 0 aliphatic rings. The largest absolute Gasteiger partial charge is 0.418 e. The molecule has 0 spiro atoms. The number of nitrogens with zero attached hydrogens (tertiary/aromatic N) is 1. The lowest BCUT2D eigenvalue weighted by molar-refractivity contribution is -0.138. The molecule has 0 unspecified atom stereocenters. The van der Waals surface area contributed by atoms with Crippen LogP contribution in [-0.2, 0) is 6.18 Å². The van der Waals surface area contributed by atoms with Gasteiger partial charge in [-0.05, 0) is 24.6 Å². The fraction of sp³-hybridized carbons (Fsp3) is 0.300. The third kappa shape index (κ3) is 2.58. The molecule has 76 valence electrons. The van der Waals surface area contributed by atoms with Crippen molar-refractivity contribution in [3.05, 3.63) is 35.7 Å². The lowest BCUT2D eigenvalue weighted by Gasteiger charge is -2.08. The highest BCUT2D eigenvalue weighted by Crippen LogP contribution is 2.31. The first-order chi connectivity index (χ1) is 6.55. The molecule has 1 heterocycles. The zero-order valence-electron chi connectivity index (χ0n) is 7.67. The van der Waals surface area contributed by atoms with Crippen LogP contribution in [0.5, 0.6) is 0 Å². The quantitative estimate of drug-likeness (QED) is 0.713. The van der Waals surface area contributed by atoms with Crippen molar-refractivity contribution in [3.8, 4) is 0 Å². The SMILES string of the molecule is CC/C=C/c1ncccc1C(F)(F)F. The van der Waals surface area contributed by atoms with Crippen LogP contribution in [0.3, 0.4) is 0 Å². The van der Waals surface area contributed by atoms with Crippen LogP contribution in [-0.4, -0.2) is 4.98 Å². The second-order valence-electron chi connectivity index (χ2n) is 2.74. The summed E-state index contributed by atoms with van der Waals surface area (Å²) in [5.41, 5.74) is -0.716. The van der Waals surface area contributed by atoms with Crippen molar-refractivity contribution in [2.75, 3.05) is 0 Å². The second-order valence-corrected chi connectivity index (χ2v) is 2.74. The molecule has 1 rings (SSSR count). The summed E-state index contributed by atoms with van der Waals surface area (Å²) in [7, 11) is 0. The predicted molar refractivity (Wildman–Crippen MR) is 48.6 cm³/mol. The Balaban J connectivity index is 3.10. The van der Waals surface area contributed by atoms with Gasteiger partial charge in [-0.3, -0.25) is 4.98 Å². The van der Waals surface area contributed by atoms with Gasteiger partial charge in [0.1, 0.15) is 0 Å².